The molecule has 2 N–H and O–H groups in total. The smallest absolute Gasteiger partial charge is 0.236 e. The van der Waals surface area contributed by atoms with Crippen molar-refractivity contribution in [3.8, 4) is 6.07 Å². The van der Waals surface area contributed by atoms with Gasteiger partial charge in [-0.1, -0.05) is 30.3 Å². The van der Waals surface area contributed by atoms with Crippen LogP contribution in [-0.4, -0.2) is 18.5 Å². The molecule has 0 saturated carbocycles. The number of hydrogen-bond donors (Lipinski definition) is 2. The first-order valence-electron chi connectivity index (χ1n) is 6.14. The second kappa shape index (κ2) is 7.46. The first-order valence-corrected chi connectivity index (χ1v) is 6.14. The largest absolute Gasteiger partial charge is 0.355 e. The first-order chi connectivity index (χ1) is 8.69. The molecule has 2 atom stereocenters. The minimum Gasteiger partial charge on any atom is -0.355 e. The third-order valence-electron chi connectivity index (χ3n) is 2.69. The Balaban J connectivity index is 2.70. The number of nitriles is 1. The van der Waals surface area contributed by atoms with E-state index in [0.29, 0.717) is 13.0 Å². The van der Waals surface area contributed by atoms with Gasteiger partial charge in [-0.15, -0.1) is 0 Å². The van der Waals surface area contributed by atoms with E-state index in [2.05, 4.69) is 16.7 Å². The average molecular weight is 245 g/mol. The van der Waals surface area contributed by atoms with E-state index >= 15 is 0 Å². The number of hydrogen-bond acceptors (Lipinski definition) is 3. The zero-order chi connectivity index (χ0) is 13.4. The van der Waals surface area contributed by atoms with Gasteiger partial charge in [0.2, 0.25) is 5.91 Å². The summed E-state index contributed by atoms with van der Waals surface area (Å²) in [5.74, 6) is -0.0450. The normalized spacial score (nSPS) is 13.4. The van der Waals surface area contributed by atoms with Gasteiger partial charge in [-0.25, -0.2) is 0 Å². The summed E-state index contributed by atoms with van der Waals surface area (Å²) in [6.45, 7) is 4.30. The monoisotopic (exact) mass is 245 g/mol. The molecule has 96 valence electrons. The maximum atomic E-state index is 11.7. The number of rotatable bonds is 6. The number of nitrogens with zero attached hydrogens (tertiary/aromatic N) is 1. The predicted molar refractivity (Wildman–Crippen MR) is 70.7 cm³/mol. The van der Waals surface area contributed by atoms with Crippen molar-refractivity contribution in [1.82, 2.24) is 10.6 Å². The summed E-state index contributed by atoms with van der Waals surface area (Å²) < 4.78 is 0. The number of nitrogens with one attached hydrogen (secondary N) is 2. The number of likely N-dealkylation sites (N-methyl/N-ethyl adjacent to an activating group) is 1. The van der Waals surface area contributed by atoms with Gasteiger partial charge in [0.05, 0.1) is 18.5 Å². The lowest BCUT2D eigenvalue weighted by molar-refractivity contribution is -0.122. The van der Waals surface area contributed by atoms with Crippen LogP contribution in [0.15, 0.2) is 30.3 Å². The van der Waals surface area contributed by atoms with Crippen molar-refractivity contribution in [3.05, 3.63) is 35.9 Å². The molecular formula is C14H19N3O. The maximum Gasteiger partial charge on any atom is 0.236 e. The third kappa shape index (κ3) is 4.19. The molecule has 1 aromatic carbocycles. The van der Waals surface area contributed by atoms with Crippen LogP contribution in [0.2, 0.25) is 0 Å². The highest BCUT2D eigenvalue weighted by Gasteiger charge is 2.18. The molecule has 0 aliphatic rings. The SMILES string of the molecule is CCNC(=O)C(C)NC(CC#N)c1ccccc1. The molecule has 0 saturated heterocycles. The first kappa shape index (κ1) is 14.2. The van der Waals surface area contributed by atoms with Crippen molar-refractivity contribution < 1.29 is 4.79 Å². The van der Waals surface area contributed by atoms with Gasteiger partial charge in [0, 0.05) is 12.6 Å². The molecule has 0 aromatic heterocycles. The Morgan fingerprint density at radius 2 is 2.06 bits per heavy atom. The van der Waals surface area contributed by atoms with Crippen molar-refractivity contribution in [2.75, 3.05) is 6.54 Å². The van der Waals surface area contributed by atoms with E-state index in [-0.39, 0.29) is 18.0 Å². The highest BCUT2D eigenvalue weighted by atomic mass is 16.2. The van der Waals surface area contributed by atoms with Crippen LogP contribution in [0.1, 0.15) is 31.9 Å². The van der Waals surface area contributed by atoms with Crippen molar-refractivity contribution in [1.29, 1.82) is 5.26 Å². The van der Waals surface area contributed by atoms with Gasteiger partial charge in [0.25, 0.3) is 0 Å². The highest BCUT2D eigenvalue weighted by Crippen LogP contribution is 2.16. The fourth-order valence-electron chi connectivity index (χ4n) is 1.75. The van der Waals surface area contributed by atoms with Crippen LogP contribution in [0, 0.1) is 11.3 Å². The van der Waals surface area contributed by atoms with Crippen molar-refractivity contribution in [3.63, 3.8) is 0 Å². The lowest BCUT2D eigenvalue weighted by Gasteiger charge is -2.21. The van der Waals surface area contributed by atoms with Gasteiger partial charge in [0.1, 0.15) is 0 Å². The summed E-state index contributed by atoms with van der Waals surface area (Å²) in [5.41, 5.74) is 1.02. The van der Waals surface area contributed by atoms with E-state index in [1.165, 1.54) is 0 Å². The second-order valence-electron chi connectivity index (χ2n) is 4.11. The van der Waals surface area contributed by atoms with Crippen LogP contribution in [0.4, 0.5) is 0 Å². The van der Waals surface area contributed by atoms with Crippen LogP contribution >= 0.6 is 0 Å². The van der Waals surface area contributed by atoms with Crippen LogP contribution < -0.4 is 10.6 Å². The molecule has 1 rings (SSSR count). The summed E-state index contributed by atoms with van der Waals surface area (Å²) in [5, 5.41) is 14.8. The summed E-state index contributed by atoms with van der Waals surface area (Å²) in [6.07, 6.45) is 0.341. The van der Waals surface area contributed by atoms with Crippen molar-refractivity contribution in [2.45, 2.75) is 32.4 Å². The summed E-state index contributed by atoms with van der Waals surface area (Å²) in [7, 11) is 0. The highest BCUT2D eigenvalue weighted by molar-refractivity contribution is 5.81. The fraction of sp³-hybridized carbons (Fsp3) is 0.429. The molecular weight excluding hydrogens is 226 g/mol. The van der Waals surface area contributed by atoms with Crippen LogP contribution in [-0.2, 0) is 4.79 Å². The zero-order valence-electron chi connectivity index (χ0n) is 10.8. The summed E-state index contributed by atoms with van der Waals surface area (Å²) >= 11 is 0. The Morgan fingerprint density at radius 3 is 2.61 bits per heavy atom. The Hall–Kier alpha value is -1.86. The molecule has 2 unspecified atom stereocenters. The molecule has 0 spiro atoms. The van der Waals surface area contributed by atoms with Gasteiger partial charge in [-0.3, -0.25) is 10.1 Å². The van der Waals surface area contributed by atoms with Gasteiger partial charge < -0.3 is 5.32 Å². The number of benzene rings is 1. The van der Waals surface area contributed by atoms with Gasteiger partial charge in [0.15, 0.2) is 0 Å². The Morgan fingerprint density at radius 1 is 1.39 bits per heavy atom. The van der Waals surface area contributed by atoms with E-state index in [4.69, 9.17) is 5.26 Å². The molecule has 0 heterocycles. The molecule has 0 aliphatic carbocycles. The molecule has 1 amide bonds. The van der Waals surface area contributed by atoms with E-state index in [9.17, 15) is 4.79 Å². The van der Waals surface area contributed by atoms with E-state index in [1.807, 2.05) is 37.3 Å². The second-order valence-corrected chi connectivity index (χ2v) is 4.11. The van der Waals surface area contributed by atoms with Crippen molar-refractivity contribution in [2.24, 2.45) is 0 Å². The summed E-state index contributed by atoms with van der Waals surface area (Å²) in [6, 6.07) is 11.4. The lowest BCUT2D eigenvalue weighted by Crippen LogP contribution is -2.43. The Bertz CT molecular complexity index is 411. The Labute approximate surface area is 108 Å². The number of amides is 1. The topological polar surface area (TPSA) is 64.9 Å². The zero-order valence-corrected chi connectivity index (χ0v) is 10.8. The predicted octanol–water partition coefficient (Wildman–Crippen LogP) is 1.76. The van der Waals surface area contributed by atoms with Crippen LogP contribution in [0.5, 0.6) is 0 Å². The molecule has 0 fully saturated rings. The van der Waals surface area contributed by atoms with Crippen LogP contribution in [0.3, 0.4) is 0 Å². The minimum absolute atomic E-state index is 0.0450. The minimum atomic E-state index is -0.316. The molecule has 18 heavy (non-hydrogen) atoms. The molecule has 1 aromatic rings. The standard InChI is InChI=1S/C14H19N3O/c1-3-16-14(18)11(2)17-13(9-10-15)12-7-5-4-6-8-12/h4-8,11,13,17H,3,9H2,1-2H3,(H,16,18). The molecule has 0 radical (unpaired) electrons. The molecule has 0 bridgehead atoms. The molecule has 0 aliphatic heterocycles. The van der Waals surface area contributed by atoms with Crippen molar-refractivity contribution >= 4 is 5.91 Å². The average Bonchev–Trinajstić information content (AvgIpc) is 2.39. The quantitative estimate of drug-likeness (QED) is 0.802. The number of carbonyl (C=O) groups excluding carboxylic acids is 1. The maximum absolute atomic E-state index is 11.7. The van der Waals surface area contributed by atoms with E-state index in [1.54, 1.807) is 6.92 Å². The molecule has 4 heteroatoms. The molecule has 4 nitrogen and oxygen atoms in total. The van der Waals surface area contributed by atoms with Gasteiger partial charge in [-0.05, 0) is 19.4 Å². The van der Waals surface area contributed by atoms with Crippen LogP contribution in [0.25, 0.3) is 0 Å². The van der Waals surface area contributed by atoms with E-state index in [0.717, 1.165) is 5.56 Å². The third-order valence-corrected chi connectivity index (χ3v) is 2.69. The van der Waals surface area contributed by atoms with E-state index < -0.39 is 0 Å². The summed E-state index contributed by atoms with van der Waals surface area (Å²) in [4.78, 5) is 11.7. The number of carbonyl (C=O) groups is 1. The van der Waals surface area contributed by atoms with Gasteiger partial charge in [-0.2, -0.15) is 5.26 Å². The lowest BCUT2D eigenvalue weighted by atomic mass is 10.0. The Kier molecular flexibility index (Phi) is 5.89. The fourth-order valence-corrected chi connectivity index (χ4v) is 1.75. The van der Waals surface area contributed by atoms with Gasteiger partial charge >= 0.3 is 0 Å².